The van der Waals surface area contributed by atoms with Gasteiger partial charge in [-0.15, -0.1) is 0 Å². The highest BCUT2D eigenvalue weighted by Gasteiger charge is 2.33. The average molecular weight is 218 g/mol. The van der Waals surface area contributed by atoms with E-state index in [9.17, 15) is 4.79 Å². The van der Waals surface area contributed by atoms with Crippen LogP contribution in [0.15, 0.2) is 24.3 Å². The van der Waals surface area contributed by atoms with Crippen LogP contribution in [0.4, 0.5) is 5.69 Å². The number of hydrogen-bond acceptors (Lipinski definition) is 2. The summed E-state index contributed by atoms with van der Waals surface area (Å²) in [4.78, 5) is 11.9. The highest BCUT2D eigenvalue weighted by molar-refractivity contribution is 6.02. The van der Waals surface area contributed by atoms with Gasteiger partial charge in [-0.2, -0.15) is 0 Å². The van der Waals surface area contributed by atoms with Gasteiger partial charge in [0.05, 0.1) is 5.56 Å². The number of rotatable bonds is 2. The first kappa shape index (κ1) is 11.0. The zero-order valence-corrected chi connectivity index (χ0v) is 10.0. The third-order valence-corrected chi connectivity index (χ3v) is 2.79. The van der Waals surface area contributed by atoms with Crippen LogP contribution >= 0.6 is 0 Å². The van der Waals surface area contributed by atoms with Crippen LogP contribution in [-0.4, -0.2) is 11.6 Å². The van der Waals surface area contributed by atoms with Gasteiger partial charge >= 0.3 is 0 Å². The maximum Gasteiger partial charge on any atom is 0.255 e. The second-order valence-corrected chi connectivity index (χ2v) is 5.05. The standard InChI is InChI=1S/C13H18N2O/c1-9(2)8-13(3)14-11-7-5-4-6-10(11)12(16)15-13/h4-7,9,14H,8H2,1-3H3,(H,15,16)/t13-/m1/s1. The van der Waals surface area contributed by atoms with Crippen molar-refractivity contribution in [2.24, 2.45) is 5.92 Å². The summed E-state index contributed by atoms with van der Waals surface area (Å²) in [5.74, 6) is 0.542. The molecule has 0 spiro atoms. The van der Waals surface area contributed by atoms with E-state index >= 15 is 0 Å². The molecule has 0 unspecified atom stereocenters. The SMILES string of the molecule is CC(C)C[C@@]1(C)NC(=O)c2ccccc2N1. The molecule has 1 amide bonds. The predicted molar refractivity (Wildman–Crippen MR) is 65.4 cm³/mol. The highest BCUT2D eigenvalue weighted by atomic mass is 16.2. The van der Waals surface area contributed by atoms with Crippen LogP contribution in [0.5, 0.6) is 0 Å². The fourth-order valence-corrected chi connectivity index (χ4v) is 2.36. The van der Waals surface area contributed by atoms with Crippen molar-refractivity contribution in [3.63, 3.8) is 0 Å². The summed E-state index contributed by atoms with van der Waals surface area (Å²) in [6.07, 6.45) is 0.910. The molecule has 1 aromatic carbocycles. The van der Waals surface area contributed by atoms with Gasteiger partial charge in [0.15, 0.2) is 0 Å². The first-order valence-corrected chi connectivity index (χ1v) is 5.70. The number of benzene rings is 1. The summed E-state index contributed by atoms with van der Waals surface area (Å²) in [6, 6.07) is 7.62. The molecule has 86 valence electrons. The minimum absolute atomic E-state index is 0.0116. The van der Waals surface area contributed by atoms with Crippen LogP contribution in [0.3, 0.4) is 0 Å². The molecule has 3 nitrogen and oxygen atoms in total. The molecule has 0 bridgehead atoms. The lowest BCUT2D eigenvalue weighted by Gasteiger charge is -2.38. The minimum atomic E-state index is -0.334. The predicted octanol–water partition coefficient (Wildman–Crippen LogP) is 2.60. The van der Waals surface area contributed by atoms with Crippen molar-refractivity contribution in [1.82, 2.24) is 5.32 Å². The number of fused-ring (bicyclic) bond motifs is 1. The monoisotopic (exact) mass is 218 g/mol. The summed E-state index contributed by atoms with van der Waals surface area (Å²) < 4.78 is 0. The summed E-state index contributed by atoms with van der Waals surface area (Å²) in [7, 11) is 0. The molecule has 1 atom stereocenters. The lowest BCUT2D eigenvalue weighted by Crippen LogP contribution is -2.56. The molecule has 1 aromatic rings. The Hall–Kier alpha value is -1.51. The fraction of sp³-hybridized carbons (Fsp3) is 0.462. The van der Waals surface area contributed by atoms with Gasteiger partial charge in [0.2, 0.25) is 0 Å². The lowest BCUT2D eigenvalue weighted by molar-refractivity contribution is 0.0898. The molecular formula is C13H18N2O. The average Bonchev–Trinajstić information content (AvgIpc) is 2.15. The van der Waals surface area contributed by atoms with Crippen LogP contribution in [0, 0.1) is 5.92 Å². The highest BCUT2D eigenvalue weighted by Crippen LogP contribution is 2.27. The van der Waals surface area contributed by atoms with Crippen molar-refractivity contribution in [2.45, 2.75) is 32.9 Å². The van der Waals surface area contributed by atoms with Crippen LogP contribution in [0.2, 0.25) is 0 Å². The van der Waals surface area contributed by atoms with Crippen molar-refractivity contribution in [2.75, 3.05) is 5.32 Å². The number of carbonyl (C=O) groups is 1. The van der Waals surface area contributed by atoms with E-state index in [1.165, 1.54) is 0 Å². The molecule has 0 aromatic heterocycles. The van der Waals surface area contributed by atoms with E-state index in [1.54, 1.807) is 0 Å². The Morgan fingerprint density at radius 2 is 1.94 bits per heavy atom. The van der Waals surface area contributed by atoms with E-state index in [4.69, 9.17) is 0 Å². The molecule has 0 fully saturated rings. The van der Waals surface area contributed by atoms with Crippen molar-refractivity contribution >= 4 is 11.6 Å². The first-order valence-electron chi connectivity index (χ1n) is 5.70. The van der Waals surface area contributed by atoms with E-state index in [0.29, 0.717) is 5.92 Å². The largest absolute Gasteiger partial charge is 0.362 e. The molecule has 1 aliphatic heterocycles. The Kier molecular flexibility index (Phi) is 2.62. The third kappa shape index (κ3) is 2.03. The molecule has 0 saturated carbocycles. The molecule has 0 radical (unpaired) electrons. The molecule has 16 heavy (non-hydrogen) atoms. The topological polar surface area (TPSA) is 41.1 Å². The Balaban J connectivity index is 2.30. The maximum absolute atomic E-state index is 11.9. The van der Waals surface area contributed by atoms with Crippen molar-refractivity contribution in [3.8, 4) is 0 Å². The van der Waals surface area contributed by atoms with Gasteiger partial charge in [0.25, 0.3) is 5.91 Å². The number of hydrogen-bond donors (Lipinski definition) is 2. The van der Waals surface area contributed by atoms with Gasteiger partial charge in [-0.05, 0) is 31.4 Å². The molecule has 0 aliphatic carbocycles. The minimum Gasteiger partial charge on any atom is -0.362 e. The van der Waals surface area contributed by atoms with Gasteiger partial charge in [-0.1, -0.05) is 26.0 Å². The van der Waals surface area contributed by atoms with Crippen LogP contribution in [0.1, 0.15) is 37.6 Å². The number of amides is 1. The normalized spacial score (nSPS) is 23.6. The van der Waals surface area contributed by atoms with Gasteiger partial charge in [-0.25, -0.2) is 0 Å². The maximum atomic E-state index is 11.9. The Morgan fingerprint density at radius 3 is 2.62 bits per heavy atom. The summed E-state index contributed by atoms with van der Waals surface area (Å²) in [5, 5.41) is 6.43. The Morgan fingerprint density at radius 1 is 1.25 bits per heavy atom. The van der Waals surface area contributed by atoms with Crippen molar-refractivity contribution < 1.29 is 4.79 Å². The fourth-order valence-electron chi connectivity index (χ4n) is 2.36. The number of para-hydroxylation sites is 1. The van der Waals surface area contributed by atoms with Gasteiger partial charge in [0.1, 0.15) is 5.66 Å². The van der Waals surface area contributed by atoms with E-state index in [2.05, 4.69) is 24.5 Å². The zero-order valence-electron chi connectivity index (χ0n) is 10.0. The van der Waals surface area contributed by atoms with Gasteiger partial charge in [0, 0.05) is 5.69 Å². The summed E-state index contributed by atoms with van der Waals surface area (Å²) >= 11 is 0. The number of carbonyl (C=O) groups excluding carboxylic acids is 1. The van der Waals surface area contributed by atoms with Crippen molar-refractivity contribution in [3.05, 3.63) is 29.8 Å². The third-order valence-electron chi connectivity index (χ3n) is 2.79. The Labute approximate surface area is 96.2 Å². The van der Waals surface area contributed by atoms with E-state index in [-0.39, 0.29) is 11.6 Å². The molecule has 3 heteroatoms. The van der Waals surface area contributed by atoms with E-state index < -0.39 is 0 Å². The first-order chi connectivity index (χ1) is 7.50. The molecule has 0 saturated heterocycles. The van der Waals surface area contributed by atoms with Gasteiger partial charge < -0.3 is 10.6 Å². The second-order valence-electron chi connectivity index (χ2n) is 5.05. The van der Waals surface area contributed by atoms with Crippen LogP contribution in [0.25, 0.3) is 0 Å². The Bertz CT molecular complexity index is 414. The van der Waals surface area contributed by atoms with E-state index in [1.807, 2.05) is 31.2 Å². The zero-order chi connectivity index (χ0) is 11.8. The number of anilines is 1. The van der Waals surface area contributed by atoms with E-state index in [0.717, 1.165) is 17.7 Å². The van der Waals surface area contributed by atoms with Crippen LogP contribution in [-0.2, 0) is 0 Å². The summed E-state index contributed by atoms with van der Waals surface area (Å²) in [6.45, 7) is 6.33. The van der Waals surface area contributed by atoms with Crippen LogP contribution < -0.4 is 10.6 Å². The quantitative estimate of drug-likeness (QED) is 0.801. The second kappa shape index (κ2) is 3.81. The number of nitrogens with one attached hydrogen (secondary N) is 2. The lowest BCUT2D eigenvalue weighted by atomic mass is 9.95. The molecule has 2 N–H and O–H groups in total. The summed E-state index contributed by atoms with van der Waals surface area (Å²) in [5.41, 5.74) is 1.32. The molecular weight excluding hydrogens is 200 g/mol. The molecule has 1 aliphatic rings. The molecule has 2 rings (SSSR count). The van der Waals surface area contributed by atoms with Crippen molar-refractivity contribution in [1.29, 1.82) is 0 Å². The smallest absolute Gasteiger partial charge is 0.255 e. The molecule has 1 heterocycles. The van der Waals surface area contributed by atoms with Gasteiger partial charge in [-0.3, -0.25) is 4.79 Å².